The molecule has 0 unspecified atom stereocenters. The van der Waals surface area contributed by atoms with E-state index in [2.05, 4.69) is 10.2 Å². The Morgan fingerprint density at radius 1 is 1.56 bits per heavy atom. The molecule has 0 aromatic carbocycles. The number of hydrogen-bond donors (Lipinski definition) is 1. The van der Waals surface area contributed by atoms with Crippen molar-refractivity contribution in [2.75, 3.05) is 0 Å². The van der Waals surface area contributed by atoms with Gasteiger partial charge < -0.3 is 0 Å². The summed E-state index contributed by atoms with van der Waals surface area (Å²) in [5.41, 5.74) is 3.20. The number of nitrogens with zero attached hydrogens (tertiary/aromatic N) is 1. The lowest BCUT2D eigenvalue weighted by molar-refractivity contribution is 1.02. The SMILES string of the molecule is Cc1n[nH]c(C)c1CCl. The van der Waals surface area contributed by atoms with Crippen LogP contribution >= 0.6 is 11.6 Å². The predicted octanol–water partition coefficient (Wildman–Crippen LogP) is 1.77. The Hall–Kier alpha value is -0.500. The smallest absolute Gasteiger partial charge is 0.0638 e. The van der Waals surface area contributed by atoms with Crippen LogP contribution in [0, 0.1) is 13.8 Å². The zero-order chi connectivity index (χ0) is 6.85. The first-order valence-electron chi connectivity index (χ1n) is 2.82. The lowest BCUT2D eigenvalue weighted by atomic mass is 10.2. The molecule has 0 aliphatic carbocycles. The summed E-state index contributed by atoms with van der Waals surface area (Å²) in [5.74, 6) is 0.550. The van der Waals surface area contributed by atoms with Crippen molar-refractivity contribution in [3.63, 3.8) is 0 Å². The van der Waals surface area contributed by atoms with Crippen molar-refractivity contribution in [1.29, 1.82) is 0 Å². The maximum atomic E-state index is 5.62. The van der Waals surface area contributed by atoms with E-state index < -0.39 is 0 Å². The summed E-state index contributed by atoms with van der Waals surface area (Å²) in [6.07, 6.45) is 0. The van der Waals surface area contributed by atoms with Crippen LogP contribution in [0.3, 0.4) is 0 Å². The minimum absolute atomic E-state index is 0.550. The molecule has 1 heterocycles. The number of aromatic nitrogens is 2. The average Bonchev–Trinajstić information content (AvgIpc) is 2.12. The fraction of sp³-hybridized carbons (Fsp3) is 0.500. The predicted molar refractivity (Wildman–Crippen MR) is 37.6 cm³/mol. The van der Waals surface area contributed by atoms with Crippen molar-refractivity contribution in [2.24, 2.45) is 0 Å². The second kappa shape index (κ2) is 2.40. The van der Waals surface area contributed by atoms with Gasteiger partial charge in [-0.05, 0) is 13.8 Å². The standard InChI is InChI=1S/C6H9ClN2/c1-4-6(3-7)5(2)9-8-4/h3H2,1-2H3,(H,8,9). The first-order chi connectivity index (χ1) is 4.25. The Morgan fingerprint density at radius 3 is 2.44 bits per heavy atom. The van der Waals surface area contributed by atoms with Gasteiger partial charge in [-0.15, -0.1) is 11.6 Å². The van der Waals surface area contributed by atoms with Crippen LogP contribution in [0.15, 0.2) is 0 Å². The van der Waals surface area contributed by atoms with Gasteiger partial charge in [0.25, 0.3) is 0 Å². The highest BCUT2D eigenvalue weighted by Gasteiger charge is 2.02. The summed E-state index contributed by atoms with van der Waals surface area (Å²) in [5, 5.41) is 6.83. The Morgan fingerprint density at radius 2 is 2.22 bits per heavy atom. The molecule has 1 N–H and O–H groups in total. The Kier molecular flexibility index (Phi) is 1.76. The van der Waals surface area contributed by atoms with E-state index in [9.17, 15) is 0 Å². The lowest BCUT2D eigenvalue weighted by Gasteiger charge is -1.89. The molecule has 1 aromatic rings. The number of halogens is 1. The molecule has 9 heavy (non-hydrogen) atoms. The first-order valence-corrected chi connectivity index (χ1v) is 3.35. The molecule has 0 spiro atoms. The van der Waals surface area contributed by atoms with Gasteiger partial charge in [-0.25, -0.2) is 0 Å². The maximum absolute atomic E-state index is 5.62. The van der Waals surface area contributed by atoms with Gasteiger partial charge in [-0.1, -0.05) is 0 Å². The molecule has 0 aliphatic rings. The van der Waals surface area contributed by atoms with E-state index in [0.717, 1.165) is 17.0 Å². The summed E-state index contributed by atoms with van der Waals surface area (Å²) in [6.45, 7) is 3.92. The van der Waals surface area contributed by atoms with Gasteiger partial charge in [0.15, 0.2) is 0 Å². The fourth-order valence-electron chi connectivity index (χ4n) is 0.771. The number of H-pyrrole nitrogens is 1. The quantitative estimate of drug-likeness (QED) is 0.598. The highest BCUT2D eigenvalue weighted by Crippen LogP contribution is 2.10. The van der Waals surface area contributed by atoms with Crippen molar-refractivity contribution < 1.29 is 0 Å². The summed E-state index contributed by atoms with van der Waals surface area (Å²) >= 11 is 5.62. The van der Waals surface area contributed by atoms with Crippen LogP contribution in [0.4, 0.5) is 0 Å². The van der Waals surface area contributed by atoms with Crippen molar-refractivity contribution in [2.45, 2.75) is 19.7 Å². The monoisotopic (exact) mass is 144 g/mol. The van der Waals surface area contributed by atoms with E-state index >= 15 is 0 Å². The van der Waals surface area contributed by atoms with Gasteiger partial charge in [-0.2, -0.15) is 5.10 Å². The lowest BCUT2D eigenvalue weighted by Crippen LogP contribution is -1.80. The number of nitrogens with one attached hydrogen (secondary N) is 1. The minimum atomic E-state index is 0.550. The van der Waals surface area contributed by atoms with Gasteiger partial charge in [0.2, 0.25) is 0 Å². The fourth-order valence-corrected chi connectivity index (χ4v) is 1.16. The van der Waals surface area contributed by atoms with Gasteiger partial charge in [0, 0.05) is 11.3 Å². The van der Waals surface area contributed by atoms with Crippen LogP contribution in [-0.2, 0) is 5.88 Å². The molecule has 1 aromatic heterocycles. The number of alkyl halides is 1. The first kappa shape index (κ1) is 6.62. The molecule has 0 radical (unpaired) electrons. The molecule has 0 saturated heterocycles. The molecule has 0 aliphatic heterocycles. The van der Waals surface area contributed by atoms with Gasteiger partial charge in [0.05, 0.1) is 11.6 Å². The summed E-state index contributed by atoms with van der Waals surface area (Å²) in [4.78, 5) is 0. The van der Waals surface area contributed by atoms with Gasteiger partial charge in [-0.3, -0.25) is 5.10 Å². The Bertz CT molecular complexity index is 185. The van der Waals surface area contributed by atoms with E-state index in [4.69, 9.17) is 11.6 Å². The molecule has 2 nitrogen and oxygen atoms in total. The van der Waals surface area contributed by atoms with Crippen molar-refractivity contribution in [3.05, 3.63) is 17.0 Å². The van der Waals surface area contributed by atoms with Crippen molar-refractivity contribution in [1.82, 2.24) is 10.2 Å². The molecule has 1 rings (SSSR count). The molecule has 0 saturated carbocycles. The van der Waals surface area contributed by atoms with Crippen LogP contribution in [0.2, 0.25) is 0 Å². The topological polar surface area (TPSA) is 28.7 Å². The molecule has 0 amide bonds. The molecule has 50 valence electrons. The Balaban J connectivity index is 3.07. The summed E-state index contributed by atoms with van der Waals surface area (Å²) in [7, 11) is 0. The number of aryl methyl sites for hydroxylation is 2. The highest BCUT2D eigenvalue weighted by molar-refractivity contribution is 6.17. The largest absolute Gasteiger partial charge is 0.282 e. The van der Waals surface area contributed by atoms with Crippen molar-refractivity contribution in [3.8, 4) is 0 Å². The van der Waals surface area contributed by atoms with Crippen LogP contribution in [0.5, 0.6) is 0 Å². The maximum Gasteiger partial charge on any atom is 0.0638 e. The van der Waals surface area contributed by atoms with Crippen LogP contribution < -0.4 is 0 Å². The molecular formula is C6H9ClN2. The molecule has 0 atom stereocenters. The van der Waals surface area contributed by atoms with Gasteiger partial charge in [0.1, 0.15) is 0 Å². The third-order valence-electron chi connectivity index (χ3n) is 1.41. The highest BCUT2D eigenvalue weighted by atomic mass is 35.5. The molecule has 0 fully saturated rings. The molecular weight excluding hydrogens is 136 g/mol. The van der Waals surface area contributed by atoms with E-state index in [0.29, 0.717) is 5.88 Å². The minimum Gasteiger partial charge on any atom is -0.282 e. The number of rotatable bonds is 1. The van der Waals surface area contributed by atoms with E-state index in [-0.39, 0.29) is 0 Å². The molecule has 3 heteroatoms. The van der Waals surface area contributed by atoms with Crippen molar-refractivity contribution >= 4 is 11.6 Å². The summed E-state index contributed by atoms with van der Waals surface area (Å²) < 4.78 is 0. The zero-order valence-corrected chi connectivity index (χ0v) is 6.29. The van der Waals surface area contributed by atoms with E-state index in [1.807, 2.05) is 13.8 Å². The van der Waals surface area contributed by atoms with E-state index in [1.54, 1.807) is 0 Å². The molecule has 0 bridgehead atoms. The third kappa shape index (κ3) is 1.08. The van der Waals surface area contributed by atoms with Crippen LogP contribution in [-0.4, -0.2) is 10.2 Å². The van der Waals surface area contributed by atoms with Gasteiger partial charge >= 0.3 is 0 Å². The second-order valence-corrected chi connectivity index (χ2v) is 2.31. The van der Waals surface area contributed by atoms with Crippen LogP contribution in [0.1, 0.15) is 17.0 Å². The third-order valence-corrected chi connectivity index (χ3v) is 1.68. The van der Waals surface area contributed by atoms with Crippen LogP contribution in [0.25, 0.3) is 0 Å². The Labute approximate surface area is 59.2 Å². The summed E-state index contributed by atoms with van der Waals surface area (Å²) in [6, 6.07) is 0. The number of hydrogen-bond acceptors (Lipinski definition) is 1. The second-order valence-electron chi connectivity index (χ2n) is 2.05. The average molecular weight is 145 g/mol. The normalized spacial score (nSPS) is 10.1. The number of aromatic amines is 1. The van der Waals surface area contributed by atoms with E-state index in [1.165, 1.54) is 0 Å². The zero-order valence-electron chi connectivity index (χ0n) is 5.53.